The number of nitrogens with one attached hydrogen (secondary N) is 1. The van der Waals surface area contributed by atoms with E-state index in [0.29, 0.717) is 12.0 Å². The van der Waals surface area contributed by atoms with Crippen molar-refractivity contribution in [2.75, 3.05) is 12.0 Å². The number of likely N-dealkylation sites (tertiary alicyclic amines) is 1. The molecule has 5 atom stereocenters. The van der Waals surface area contributed by atoms with Crippen LogP contribution in [0.15, 0.2) is 18.3 Å². The summed E-state index contributed by atoms with van der Waals surface area (Å²) in [5.41, 5.74) is 4.56. The Kier molecular flexibility index (Phi) is 2.55. The molecular formula is C14H20N4O. The van der Waals surface area contributed by atoms with Gasteiger partial charge in [0.2, 0.25) is 0 Å². The van der Waals surface area contributed by atoms with Gasteiger partial charge in [0.1, 0.15) is 0 Å². The Morgan fingerprint density at radius 3 is 3.11 bits per heavy atom. The summed E-state index contributed by atoms with van der Waals surface area (Å²) in [5.74, 6) is 7.50. The Labute approximate surface area is 112 Å². The van der Waals surface area contributed by atoms with Crippen LogP contribution in [0.5, 0.6) is 0 Å². The summed E-state index contributed by atoms with van der Waals surface area (Å²) in [6, 6.07) is 4.21. The van der Waals surface area contributed by atoms with Crippen molar-refractivity contribution in [3.63, 3.8) is 0 Å². The van der Waals surface area contributed by atoms with Crippen molar-refractivity contribution in [2.24, 2.45) is 23.6 Å². The molecule has 1 aliphatic heterocycles. The Bertz CT molecular complexity index is 492. The van der Waals surface area contributed by atoms with E-state index in [4.69, 9.17) is 5.84 Å². The van der Waals surface area contributed by atoms with Crippen molar-refractivity contribution in [1.29, 1.82) is 0 Å². The fraction of sp³-hybridized carbons (Fsp3) is 0.643. The summed E-state index contributed by atoms with van der Waals surface area (Å²) in [4.78, 5) is 6.84. The summed E-state index contributed by atoms with van der Waals surface area (Å²) < 4.78 is 0. The lowest BCUT2D eigenvalue weighted by molar-refractivity contribution is 0.0480. The van der Waals surface area contributed by atoms with Crippen LogP contribution in [0, 0.1) is 17.8 Å². The zero-order valence-corrected chi connectivity index (χ0v) is 10.9. The Morgan fingerprint density at radius 1 is 1.42 bits per heavy atom. The van der Waals surface area contributed by atoms with Crippen LogP contribution in [0.4, 0.5) is 5.69 Å². The van der Waals surface area contributed by atoms with E-state index in [1.54, 1.807) is 6.20 Å². The van der Waals surface area contributed by atoms with E-state index in [9.17, 15) is 5.11 Å². The SMILES string of the molecule is NNc1ccnc(CN2CC3CC4CC3C2C4O)c1. The van der Waals surface area contributed by atoms with Crippen molar-refractivity contribution in [2.45, 2.75) is 31.5 Å². The van der Waals surface area contributed by atoms with Gasteiger partial charge in [0, 0.05) is 25.3 Å². The van der Waals surface area contributed by atoms with E-state index in [1.165, 1.54) is 12.8 Å². The first-order valence-corrected chi connectivity index (χ1v) is 7.10. The molecule has 5 unspecified atom stereocenters. The van der Waals surface area contributed by atoms with Gasteiger partial charge in [-0.25, -0.2) is 0 Å². The monoisotopic (exact) mass is 260 g/mol. The highest BCUT2D eigenvalue weighted by molar-refractivity contribution is 5.41. The minimum Gasteiger partial charge on any atom is -0.391 e. The van der Waals surface area contributed by atoms with E-state index in [2.05, 4.69) is 15.3 Å². The first-order chi connectivity index (χ1) is 9.26. The molecule has 0 radical (unpaired) electrons. The van der Waals surface area contributed by atoms with Gasteiger partial charge in [-0.3, -0.25) is 15.7 Å². The average molecular weight is 260 g/mol. The van der Waals surface area contributed by atoms with Crippen molar-refractivity contribution < 1.29 is 5.11 Å². The number of rotatable bonds is 3. The van der Waals surface area contributed by atoms with Gasteiger partial charge in [0.25, 0.3) is 0 Å². The van der Waals surface area contributed by atoms with Crippen LogP contribution in [0.3, 0.4) is 0 Å². The molecule has 4 rings (SSSR count). The second-order valence-electron chi connectivity index (χ2n) is 6.25. The van der Waals surface area contributed by atoms with E-state index in [0.717, 1.165) is 36.3 Å². The van der Waals surface area contributed by atoms with Crippen LogP contribution >= 0.6 is 0 Å². The number of pyridine rings is 1. The zero-order valence-electron chi connectivity index (χ0n) is 10.9. The molecule has 5 nitrogen and oxygen atoms in total. The van der Waals surface area contributed by atoms with Gasteiger partial charge >= 0.3 is 0 Å². The third kappa shape index (κ3) is 1.69. The number of nitrogens with two attached hydrogens (primary N) is 1. The minimum absolute atomic E-state index is 0.125. The Balaban J connectivity index is 1.54. The first kappa shape index (κ1) is 11.6. The quantitative estimate of drug-likeness (QED) is 0.547. The van der Waals surface area contributed by atoms with Gasteiger partial charge in [-0.1, -0.05) is 0 Å². The summed E-state index contributed by atoms with van der Waals surface area (Å²) in [6.07, 6.45) is 4.10. The number of hydrogen-bond donors (Lipinski definition) is 3. The van der Waals surface area contributed by atoms with Crippen LogP contribution in [0.2, 0.25) is 0 Å². The summed E-state index contributed by atoms with van der Waals surface area (Å²) in [5, 5.41) is 10.4. The first-order valence-electron chi connectivity index (χ1n) is 7.10. The van der Waals surface area contributed by atoms with Crippen molar-refractivity contribution in [3.05, 3.63) is 24.0 Å². The number of fused-ring (bicyclic) bond motifs is 1. The molecule has 19 heavy (non-hydrogen) atoms. The van der Waals surface area contributed by atoms with Crippen LogP contribution in [0.25, 0.3) is 0 Å². The molecular weight excluding hydrogens is 240 g/mol. The number of aliphatic hydroxyl groups excluding tert-OH is 1. The largest absolute Gasteiger partial charge is 0.391 e. The van der Waals surface area contributed by atoms with E-state index < -0.39 is 0 Å². The molecule has 1 saturated heterocycles. The van der Waals surface area contributed by atoms with Gasteiger partial charge in [-0.2, -0.15) is 0 Å². The molecule has 2 saturated carbocycles. The highest BCUT2D eigenvalue weighted by Crippen LogP contribution is 2.55. The zero-order chi connectivity index (χ0) is 13.0. The normalized spacial score (nSPS) is 40.0. The number of nitrogens with zero attached hydrogens (tertiary/aromatic N) is 2. The summed E-state index contributed by atoms with van der Waals surface area (Å²) >= 11 is 0. The van der Waals surface area contributed by atoms with Gasteiger partial charge in [-0.15, -0.1) is 0 Å². The van der Waals surface area contributed by atoms with Crippen LogP contribution in [-0.2, 0) is 6.54 Å². The highest BCUT2D eigenvalue weighted by atomic mass is 16.3. The van der Waals surface area contributed by atoms with Gasteiger partial charge in [0.15, 0.2) is 0 Å². The van der Waals surface area contributed by atoms with Gasteiger partial charge in [-0.05, 0) is 42.7 Å². The number of nitrogen functional groups attached to an aromatic ring is 1. The number of hydrogen-bond acceptors (Lipinski definition) is 5. The molecule has 4 N–H and O–H groups in total. The van der Waals surface area contributed by atoms with E-state index >= 15 is 0 Å². The minimum atomic E-state index is -0.125. The van der Waals surface area contributed by atoms with Gasteiger partial charge in [0.05, 0.1) is 17.5 Å². The lowest BCUT2D eigenvalue weighted by Gasteiger charge is -2.28. The summed E-state index contributed by atoms with van der Waals surface area (Å²) in [7, 11) is 0. The standard InChI is InChI=1S/C14H20N4O/c15-17-10-1-2-16-11(5-10)7-18-6-9-3-8-4-12(9)13(18)14(8)19/h1-2,5,8-9,12-14,19H,3-4,6-7,15H2,(H,16,17). The number of aliphatic hydroxyl groups is 1. The highest BCUT2D eigenvalue weighted by Gasteiger charge is 2.58. The smallest absolute Gasteiger partial charge is 0.0726 e. The molecule has 2 bridgehead atoms. The van der Waals surface area contributed by atoms with E-state index in [1.807, 2.05) is 12.1 Å². The Hall–Kier alpha value is -1.17. The maximum absolute atomic E-state index is 10.4. The average Bonchev–Trinajstić information content (AvgIpc) is 3.01. The molecule has 5 heteroatoms. The number of aromatic nitrogens is 1. The third-order valence-corrected chi connectivity index (χ3v) is 5.30. The van der Waals surface area contributed by atoms with Gasteiger partial charge < -0.3 is 10.5 Å². The van der Waals surface area contributed by atoms with E-state index in [-0.39, 0.29) is 6.10 Å². The lowest BCUT2D eigenvalue weighted by atomic mass is 9.88. The predicted octanol–water partition coefficient (Wildman–Crippen LogP) is 0.568. The Morgan fingerprint density at radius 2 is 2.32 bits per heavy atom. The molecule has 2 heterocycles. The maximum Gasteiger partial charge on any atom is 0.0726 e. The molecule has 1 aromatic rings. The molecule has 2 aliphatic carbocycles. The van der Waals surface area contributed by atoms with Crippen LogP contribution < -0.4 is 11.3 Å². The van der Waals surface area contributed by atoms with Crippen LogP contribution in [-0.4, -0.2) is 33.7 Å². The molecule has 0 amide bonds. The fourth-order valence-corrected chi connectivity index (χ4v) is 4.58. The molecule has 3 fully saturated rings. The number of hydrazine groups is 1. The van der Waals surface area contributed by atoms with Crippen molar-refractivity contribution in [1.82, 2.24) is 9.88 Å². The second kappa shape index (κ2) is 4.16. The second-order valence-corrected chi connectivity index (χ2v) is 6.25. The molecule has 0 spiro atoms. The predicted molar refractivity (Wildman–Crippen MR) is 72.0 cm³/mol. The molecule has 102 valence electrons. The number of anilines is 1. The topological polar surface area (TPSA) is 74.4 Å². The summed E-state index contributed by atoms with van der Waals surface area (Å²) in [6.45, 7) is 1.93. The van der Waals surface area contributed by atoms with Crippen molar-refractivity contribution in [3.8, 4) is 0 Å². The fourth-order valence-electron chi connectivity index (χ4n) is 4.58. The maximum atomic E-state index is 10.4. The third-order valence-electron chi connectivity index (χ3n) is 5.30. The molecule has 0 aromatic carbocycles. The molecule has 1 aromatic heterocycles. The lowest BCUT2D eigenvalue weighted by Crippen LogP contribution is -2.40. The van der Waals surface area contributed by atoms with Crippen LogP contribution in [0.1, 0.15) is 18.5 Å². The molecule has 3 aliphatic rings. The van der Waals surface area contributed by atoms with Crippen molar-refractivity contribution >= 4 is 5.69 Å².